The van der Waals surface area contributed by atoms with Gasteiger partial charge in [-0.2, -0.15) is 0 Å². The molecular formula is C7H14N2O4S2. The van der Waals surface area contributed by atoms with E-state index < -0.39 is 24.0 Å². The lowest BCUT2D eigenvalue weighted by Crippen LogP contribution is -2.34. The molecule has 0 aromatic carbocycles. The first kappa shape index (κ1) is 14.6. The van der Waals surface area contributed by atoms with Gasteiger partial charge in [-0.3, -0.25) is 9.59 Å². The van der Waals surface area contributed by atoms with E-state index in [2.05, 4.69) is 4.74 Å². The summed E-state index contributed by atoms with van der Waals surface area (Å²) >= 11 is 0. The number of carboxylic acids is 1. The highest BCUT2D eigenvalue weighted by molar-refractivity contribution is 8.76. The fourth-order valence-electron chi connectivity index (χ4n) is 0.534. The van der Waals surface area contributed by atoms with Crippen molar-refractivity contribution in [2.45, 2.75) is 12.1 Å². The van der Waals surface area contributed by atoms with Crippen LogP contribution in [0.15, 0.2) is 0 Å². The molecule has 8 heteroatoms. The van der Waals surface area contributed by atoms with E-state index in [0.717, 1.165) is 0 Å². The Balaban J connectivity index is 3.54. The monoisotopic (exact) mass is 254 g/mol. The highest BCUT2D eigenvalue weighted by Gasteiger charge is 2.15. The van der Waals surface area contributed by atoms with E-state index >= 15 is 0 Å². The summed E-state index contributed by atoms with van der Waals surface area (Å²) in [5, 5.41) is 8.47. The summed E-state index contributed by atoms with van der Waals surface area (Å²) in [6.07, 6.45) is 0. The molecule has 0 amide bonds. The second-order valence-electron chi connectivity index (χ2n) is 2.64. The molecule has 0 aliphatic rings. The van der Waals surface area contributed by atoms with Gasteiger partial charge < -0.3 is 21.3 Å². The summed E-state index contributed by atoms with van der Waals surface area (Å²) < 4.78 is 4.42. The zero-order valence-corrected chi connectivity index (χ0v) is 9.85. The normalized spacial score (nSPS) is 14.3. The summed E-state index contributed by atoms with van der Waals surface area (Å²) in [5.74, 6) is -0.886. The third kappa shape index (κ3) is 6.61. The van der Waals surface area contributed by atoms with Crippen molar-refractivity contribution in [3.63, 3.8) is 0 Å². The van der Waals surface area contributed by atoms with Gasteiger partial charge in [0.2, 0.25) is 0 Å². The summed E-state index contributed by atoms with van der Waals surface area (Å²) in [7, 11) is 3.83. The molecule has 0 rings (SSSR count). The molecule has 2 atom stereocenters. The van der Waals surface area contributed by atoms with Crippen molar-refractivity contribution >= 4 is 33.5 Å². The molecular weight excluding hydrogens is 240 g/mol. The number of methoxy groups -OCH3 is 1. The first-order valence-electron chi connectivity index (χ1n) is 4.05. The Hall–Kier alpha value is -0.440. The van der Waals surface area contributed by atoms with E-state index in [1.807, 2.05) is 0 Å². The summed E-state index contributed by atoms with van der Waals surface area (Å²) in [6, 6.07) is -1.58. The molecule has 6 nitrogen and oxygen atoms in total. The van der Waals surface area contributed by atoms with Crippen LogP contribution in [0.3, 0.4) is 0 Å². The minimum absolute atomic E-state index is 0.272. The van der Waals surface area contributed by atoms with Crippen LogP contribution < -0.4 is 11.5 Å². The van der Waals surface area contributed by atoms with Crippen LogP contribution in [0, 0.1) is 0 Å². The van der Waals surface area contributed by atoms with Gasteiger partial charge in [0, 0.05) is 11.5 Å². The minimum atomic E-state index is -1.04. The number of hydrogen-bond donors (Lipinski definition) is 3. The van der Waals surface area contributed by atoms with Crippen molar-refractivity contribution in [1.29, 1.82) is 0 Å². The maximum Gasteiger partial charge on any atom is 0.323 e. The van der Waals surface area contributed by atoms with Crippen LogP contribution in [0.1, 0.15) is 0 Å². The van der Waals surface area contributed by atoms with Crippen LogP contribution in [-0.2, 0) is 14.3 Å². The average Bonchev–Trinajstić information content (AvgIpc) is 2.22. The van der Waals surface area contributed by atoms with Crippen LogP contribution in [0.4, 0.5) is 0 Å². The maximum atomic E-state index is 10.9. The Kier molecular flexibility index (Phi) is 7.57. The van der Waals surface area contributed by atoms with Gasteiger partial charge in [0.15, 0.2) is 0 Å². The number of carbonyl (C=O) groups excluding carboxylic acids is 1. The first-order valence-corrected chi connectivity index (χ1v) is 6.54. The lowest BCUT2D eigenvalue weighted by atomic mass is 10.4. The van der Waals surface area contributed by atoms with E-state index in [9.17, 15) is 9.59 Å². The van der Waals surface area contributed by atoms with Gasteiger partial charge in [0.05, 0.1) is 7.11 Å². The molecule has 88 valence electrons. The van der Waals surface area contributed by atoms with E-state index in [1.165, 1.54) is 28.7 Å². The van der Waals surface area contributed by atoms with E-state index in [-0.39, 0.29) is 5.75 Å². The van der Waals surface area contributed by atoms with Crippen molar-refractivity contribution in [3.05, 3.63) is 0 Å². The first-order chi connectivity index (χ1) is 6.99. The van der Waals surface area contributed by atoms with E-state index in [4.69, 9.17) is 16.6 Å². The van der Waals surface area contributed by atoms with E-state index in [0.29, 0.717) is 5.75 Å². The number of rotatable bonds is 7. The summed E-state index contributed by atoms with van der Waals surface area (Å²) in [5.41, 5.74) is 10.7. The van der Waals surface area contributed by atoms with Gasteiger partial charge in [0.1, 0.15) is 12.1 Å². The smallest absolute Gasteiger partial charge is 0.323 e. The number of esters is 1. The third-order valence-electron chi connectivity index (χ3n) is 1.40. The number of ether oxygens (including phenoxy) is 1. The van der Waals surface area contributed by atoms with Crippen LogP contribution in [0.25, 0.3) is 0 Å². The van der Waals surface area contributed by atoms with Gasteiger partial charge in [-0.15, -0.1) is 0 Å². The fraction of sp³-hybridized carbons (Fsp3) is 0.714. The van der Waals surface area contributed by atoms with Gasteiger partial charge >= 0.3 is 11.9 Å². The van der Waals surface area contributed by atoms with Crippen molar-refractivity contribution in [3.8, 4) is 0 Å². The van der Waals surface area contributed by atoms with Crippen molar-refractivity contribution < 1.29 is 19.4 Å². The predicted molar refractivity (Wildman–Crippen MR) is 60.5 cm³/mol. The highest BCUT2D eigenvalue weighted by atomic mass is 33.1. The molecule has 0 fully saturated rings. The Morgan fingerprint density at radius 2 is 1.73 bits per heavy atom. The van der Waals surface area contributed by atoms with Crippen molar-refractivity contribution in [2.24, 2.45) is 11.5 Å². The molecule has 0 heterocycles. The Bertz CT molecular complexity index is 227. The topological polar surface area (TPSA) is 116 Å². The Morgan fingerprint density at radius 3 is 2.13 bits per heavy atom. The maximum absolute atomic E-state index is 10.9. The molecule has 0 saturated carbocycles. The summed E-state index contributed by atoms with van der Waals surface area (Å²) in [4.78, 5) is 21.2. The lowest BCUT2D eigenvalue weighted by molar-refractivity contribution is -0.141. The van der Waals surface area contributed by atoms with Crippen LogP contribution in [0.5, 0.6) is 0 Å². The average molecular weight is 254 g/mol. The summed E-state index contributed by atoms with van der Waals surface area (Å²) in [6.45, 7) is 0. The molecule has 0 aliphatic heterocycles. The largest absolute Gasteiger partial charge is 0.480 e. The van der Waals surface area contributed by atoms with Gasteiger partial charge in [-0.25, -0.2) is 0 Å². The predicted octanol–water partition coefficient (Wildman–Crippen LogP) is -0.720. The standard InChI is InChI=1S/C7H14N2O4S2/c1-13-7(12)5(9)3-15-14-2-4(8)6(10)11/h4-5H,2-3,8-9H2,1H3,(H,10,11)/t4-,5-/m1/s1. The highest BCUT2D eigenvalue weighted by Crippen LogP contribution is 2.22. The van der Waals surface area contributed by atoms with Crippen molar-refractivity contribution in [2.75, 3.05) is 18.6 Å². The molecule has 0 aliphatic carbocycles. The minimum Gasteiger partial charge on any atom is -0.480 e. The molecule has 0 saturated heterocycles. The number of hydrogen-bond acceptors (Lipinski definition) is 7. The lowest BCUT2D eigenvalue weighted by Gasteiger charge is -2.09. The molecule has 5 N–H and O–H groups in total. The Labute approximate surface area is 95.5 Å². The molecule has 0 aromatic rings. The van der Waals surface area contributed by atoms with Gasteiger partial charge in [-0.1, -0.05) is 21.6 Å². The van der Waals surface area contributed by atoms with Crippen molar-refractivity contribution in [1.82, 2.24) is 0 Å². The third-order valence-corrected chi connectivity index (χ3v) is 3.87. The zero-order valence-electron chi connectivity index (χ0n) is 8.21. The molecule has 0 bridgehead atoms. The second kappa shape index (κ2) is 7.80. The molecule has 0 unspecified atom stereocenters. The quantitative estimate of drug-likeness (QED) is 0.310. The van der Waals surface area contributed by atoms with Crippen LogP contribution in [-0.4, -0.2) is 47.7 Å². The molecule has 0 radical (unpaired) electrons. The molecule has 0 spiro atoms. The fourth-order valence-corrected chi connectivity index (χ4v) is 2.75. The SMILES string of the molecule is COC(=O)[C@H](N)CSSC[C@@H](N)C(=O)O. The van der Waals surface area contributed by atoms with Crippen LogP contribution in [0.2, 0.25) is 0 Å². The number of aliphatic carboxylic acids is 1. The van der Waals surface area contributed by atoms with E-state index in [1.54, 1.807) is 0 Å². The second-order valence-corrected chi connectivity index (χ2v) is 5.20. The zero-order chi connectivity index (χ0) is 11.8. The molecule has 15 heavy (non-hydrogen) atoms. The van der Waals surface area contributed by atoms with Gasteiger partial charge in [-0.05, 0) is 0 Å². The van der Waals surface area contributed by atoms with Crippen LogP contribution >= 0.6 is 21.6 Å². The molecule has 0 aromatic heterocycles. The number of carbonyl (C=O) groups is 2. The Morgan fingerprint density at radius 1 is 1.27 bits per heavy atom. The number of carboxylic acid groups (broad SMARTS) is 1. The van der Waals surface area contributed by atoms with Gasteiger partial charge in [0.25, 0.3) is 0 Å². The number of nitrogens with two attached hydrogens (primary N) is 2.